The molecule has 4 unspecified atom stereocenters. The lowest BCUT2D eigenvalue weighted by Crippen LogP contribution is -2.42. The van der Waals surface area contributed by atoms with E-state index in [-0.39, 0.29) is 0 Å². The third-order valence-corrected chi connectivity index (χ3v) is 6.28. The topological polar surface area (TPSA) is 54.7 Å². The predicted octanol–water partition coefficient (Wildman–Crippen LogP) is 1.26. The maximum atomic E-state index is 6.07. The van der Waals surface area contributed by atoms with Gasteiger partial charge in [0.2, 0.25) is 0 Å². The molecule has 132 valence electrons. The number of ether oxygens (including phenoxy) is 1. The standard InChI is InChI=1S/C18H29N5O/c1-11-13(12(2)22(4)21-11)7-8-20-18(19-3)23-9-14-15(10-23)17-6-5-16(14)24-17/h14-17H,5-10H2,1-4H3,(H,19,20). The van der Waals surface area contributed by atoms with Gasteiger partial charge in [0.15, 0.2) is 5.96 Å². The number of aliphatic imine (C=N–C) groups is 1. The number of hydrogen-bond acceptors (Lipinski definition) is 3. The van der Waals surface area contributed by atoms with Crippen molar-refractivity contribution in [2.24, 2.45) is 23.9 Å². The molecule has 0 spiro atoms. The minimum absolute atomic E-state index is 0.504. The molecule has 24 heavy (non-hydrogen) atoms. The molecule has 4 atom stereocenters. The van der Waals surface area contributed by atoms with Crippen LogP contribution in [0.3, 0.4) is 0 Å². The van der Waals surface area contributed by atoms with Crippen LogP contribution in [0, 0.1) is 25.7 Å². The molecule has 3 aliphatic heterocycles. The molecule has 3 aliphatic rings. The number of aromatic nitrogens is 2. The average molecular weight is 331 g/mol. The molecular formula is C18H29N5O. The molecule has 6 nitrogen and oxygen atoms in total. The van der Waals surface area contributed by atoms with E-state index in [1.54, 1.807) is 0 Å². The number of hydrogen-bond donors (Lipinski definition) is 1. The minimum Gasteiger partial charge on any atom is -0.374 e. The Bertz CT molecular complexity index is 634. The Labute approximate surface area is 144 Å². The predicted molar refractivity (Wildman–Crippen MR) is 94.2 cm³/mol. The van der Waals surface area contributed by atoms with E-state index < -0.39 is 0 Å². The molecule has 6 heteroatoms. The average Bonchev–Trinajstić information content (AvgIpc) is 3.29. The summed E-state index contributed by atoms with van der Waals surface area (Å²) in [5, 5.41) is 8.06. The van der Waals surface area contributed by atoms with Gasteiger partial charge in [-0.25, -0.2) is 0 Å². The summed E-state index contributed by atoms with van der Waals surface area (Å²) >= 11 is 0. The van der Waals surface area contributed by atoms with Gasteiger partial charge in [-0.15, -0.1) is 0 Å². The lowest BCUT2D eigenvalue weighted by atomic mass is 9.82. The largest absolute Gasteiger partial charge is 0.374 e. The van der Waals surface area contributed by atoms with Gasteiger partial charge in [0.05, 0.1) is 17.9 Å². The maximum Gasteiger partial charge on any atom is 0.193 e. The smallest absolute Gasteiger partial charge is 0.193 e. The molecule has 3 fully saturated rings. The zero-order valence-electron chi connectivity index (χ0n) is 15.2. The van der Waals surface area contributed by atoms with E-state index in [9.17, 15) is 0 Å². The molecule has 0 radical (unpaired) electrons. The highest BCUT2D eigenvalue weighted by atomic mass is 16.5. The summed E-state index contributed by atoms with van der Waals surface area (Å²) in [6.07, 6.45) is 4.50. The summed E-state index contributed by atoms with van der Waals surface area (Å²) in [6.45, 7) is 7.32. The van der Waals surface area contributed by atoms with Gasteiger partial charge in [0.25, 0.3) is 0 Å². The first kappa shape index (κ1) is 15.9. The molecule has 2 bridgehead atoms. The summed E-state index contributed by atoms with van der Waals surface area (Å²) in [5.74, 6) is 2.47. The van der Waals surface area contributed by atoms with E-state index in [4.69, 9.17) is 4.74 Å². The Morgan fingerprint density at radius 3 is 2.46 bits per heavy atom. The van der Waals surface area contributed by atoms with Gasteiger partial charge in [0, 0.05) is 51.3 Å². The van der Waals surface area contributed by atoms with E-state index in [0.717, 1.165) is 37.7 Å². The quantitative estimate of drug-likeness (QED) is 0.669. The van der Waals surface area contributed by atoms with Gasteiger partial charge < -0.3 is 15.0 Å². The summed E-state index contributed by atoms with van der Waals surface area (Å²) in [7, 11) is 3.90. The van der Waals surface area contributed by atoms with Gasteiger partial charge in [-0.3, -0.25) is 9.67 Å². The molecule has 0 saturated carbocycles. The van der Waals surface area contributed by atoms with Crippen LogP contribution < -0.4 is 5.32 Å². The monoisotopic (exact) mass is 331 g/mol. The van der Waals surface area contributed by atoms with Crippen LogP contribution in [0.4, 0.5) is 0 Å². The number of nitrogens with one attached hydrogen (secondary N) is 1. The highest BCUT2D eigenvalue weighted by molar-refractivity contribution is 5.80. The molecule has 0 aliphatic carbocycles. The molecule has 4 heterocycles. The normalized spacial score (nSPS) is 31.8. The van der Waals surface area contributed by atoms with E-state index in [1.807, 2.05) is 18.8 Å². The van der Waals surface area contributed by atoms with Crippen molar-refractivity contribution in [2.75, 3.05) is 26.7 Å². The van der Waals surface area contributed by atoms with Crippen molar-refractivity contribution < 1.29 is 4.74 Å². The van der Waals surface area contributed by atoms with Crippen LogP contribution in [0.2, 0.25) is 0 Å². The van der Waals surface area contributed by atoms with Gasteiger partial charge in [0.1, 0.15) is 0 Å². The zero-order valence-corrected chi connectivity index (χ0v) is 15.2. The van der Waals surface area contributed by atoms with Crippen LogP contribution in [-0.2, 0) is 18.2 Å². The SMILES string of the molecule is CN=C(NCCc1c(C)nn(C)c1C)N1CC2C3CCC(O3)C2C1. The zero-order chi connectivity index (χ0) is 16.8. The van der Waals surface area contributed by atoms with Crippen LogP contribution in [0.25, 0.3) is 0 Å². The first-order valence-electron chi connectivity index (χ1n) is 9.18. The number of aryl methyl sites for hydroxylation is 2. The van der Waals surface area contributed by atoms with Gasteiger partial charge in [-0.2, -0.15) is 5.10 Å². The number of nitrogens with zero attached hydrogens (tertiary/aromatic N) is 4. The van der Waals surface area contributed by atoms with Crippen molar-refractivity contribution in [3.8, 4) is 0 Å². The van der Waals surface area contributed by atoms with Crippen LogP contribution in [0.5, 0.6) is 0 Å². The molecule has 3 saturated heterocycles. The molecule has 0 aromatic carbocycles. The van der Waals surface area contributed by atoms with Crippen molar-refractivity contribution >= 4 is 5.96 Å². The van der Waals surface area contributed by atoms with Crippen molar-refractivity contribution in [1.29, 1.82) is 0 Å². The number of fused-ring (bicyclic) bond motifs is 5. The molecule has 1 aromatic heterocycles. The van der Waals surface area contributed by atoms with Gasteiger partial charge in [-0.05, 0) is 38.7 Å². The summed E-state index contributed by atoms with van der Waals surface area (Å²) in [5.41, 5.74) is 3.75. The van der Waals surface area contributed by atoms with Crippen LogP contribution in [-0.4, -0.2) is 59.5 Å². The highest BCUT2D eigenvalue weighted by Crippen LogP contribution is 2.47. The second-order valence-corrected chi connectivity index (χ2v) is 7.52. The van der Waals surface area contributed by atoms with Crippen LogP contribution in [0.1, 0.15) is 29.8 Å². The minimum atomic E-state index is 0.504. The van der Waals surface area contributed by atoms with E-state index >= 15 is 0 Å². The Hall–Kier alpha value is -1.56. The molecule has 4 rings (SSSR count). The Kier molecular flexibility index (Phi) is 4.03. The summed E-state index contributed by atoms with van der Waals surface area (Å²) in [4.78, 5) is 6.96. The number of rotatable bonds is 3. The summed E-state index contributed by atoms with van der Waals surface area (Å²) < 4.78 is 8.04. The maximum absolute atomic E-state index is 6.07. The van der Waals surface area contributed by atoms with Crippen LogP contribution >= 0.6 is 0 Å². The Morgan fingerprint density at radius 1 is 1.25 bits per heavy atom. The molecule has 1 aromatic rings. The fraction of sp³-hybridized carbons (Fsp3) is 0.778. The van der Waals surface area contributed by atoms with E-state index in [2.05, 4.69) is 34.2 Å². The number of likely N-dealkylation sites (tertiary alicyclic amines) is 1. The fourth-order valence-electron chi connectivity index (χ4n) is 4.94. The third kappa shape index (κ3) is 2.51. The second-order valence-electron chi connectivity index (χ2n) is 7.52. The van der Waals surface area contributed by atoms with Crippen LogP contribution in [0.15, 0.2) is 4.99 Å². The molecule has 1 N–H and O–H groups in total. The fourth-order valence-corrected chi connectivity index (χ4v) is 4.94. The summed E-state index contributed by atoms with van der Waals surface area (Å²) in [6, 6.07) is 0. The van der Waals surface area contributed by atoms with Gasteiger partial charge >= 0.3 is 0 Å². The lowest BCUT2D eigenvalue weighted by Gasteiger charge is -2.23. The third-order valence-electron chi connectivity index (χ3n) is 6.28. The second kappa shape index (κ2) is 6.06. The first-order chi connectivity index (χ1) is 11.6. The number of guanidine groups is 1. The van der Waals surface area contributed by atoms with Crippen molar-refractivity contribution in [1.82, 2.24) is 20.0 Å². The van der Waals surface area contributed by atoms with Gasteiger partial charge in [-0.1, -0.05) is 0 Å². The lowest BCUT2D eigenvalue weighted by molar-refractivity contribution is 0.0767. The molecular weight excluding hydrogens is 302 g/mol. The van der Waals surface area contributed by atoms with E-state index in [0.29, 0.717) is 24.0 Å². The Balaban J connectivity index is 1.34. The Morgan fingerprint density at radius 2 is 1.92 bits per heavy atom. The first-order valence-corrected chi connectivity index (χ1v) is 9.18. The van der Waals surface area contributed by atoms with Crippen molar-refractivity contribution in [2.45, 2.75) is 45.3 Å². The van der Waals surface area contributed by atoms with E-state index in [1.165, 1.54) is 24.1 Å². The van der Waals surface area contributed by atoms with Crippen molar-refractivity contribution in [3.05, 3.63) is 17.0 Å². The van der Waals surface area contributed by atoms with Crippen molar-refractivity contribution in [3.63, 3.8) is 0 Å². The highest BCUT2D eigenvalue weighted by Gasteiger charge is 2.53. The molecule has 0 amide bonds.